The van der Waals surface area contributed by atoms with Gasteiger partial charge in [0.25, 0.3) is 0 Å². The van der Waals surface area contributed by atoms with Crippen molar-refractivity contribution in [2.75, 3.05) is 13.1 Å². The van der Waals surface area contributed by atoms with Crippen molar-refractivity contribution in [2.24, 2.45) is 23.7 Å². The van der Waals surface area contributed by atoms with Gasteiger partial charge >= 0.3 is 5.97 Å². The highest BCUT2D eigenvalue weighted by Crippen LogP contribution is 2.35. The molecule has 0 aromatic carbocycles. The van der Waals surface area contributed by atoms with Gasteiger partial charge in [0.2, 0.25) is 0 Å². The minimum absolute atomic E-state index is 0.118. The smallest absolute Gasteiger partial charge is 0.309 e. The van der Waals surface area contributed by atoms with Gasteiger partial charge in [-0.05, 0) is 75.5 Å². The highest BCUT2D eigenvalue weighted by atomic mass is 16.5. The molecule has 216 valence electrons. The van der Waals surface area contributed by atoms with Crippen molar-refractivity contribution < 1.29 is 9.53 Å². The van der Waals surface area contributed by atoms with Gasteiger partial charge in [0.15, 0.2) is 0 Å². The number of nitrogens with one attached hydrogen (secondary N) is 2. The van der Waals surface area contributed by atoms with Crippen LogP contribution in [0.1, 0.15) is 155 Å². The predicted octanol–water partition coefficient (Wildman–Crippen LogP) is 8.53. The molecule has 1 aliphatic heterocycles. The van der Waals surface area contributed by atoms with Crippen LogP contribution in [0.3, 0.4) is 0 Å². The van der Waals surface area contributed by atoms with Gasteiger partial charge in [-0.25, -0.2) is 0 Å². The molecule has 4 heteroatoms. The van der Waals surface area contributed by atoms with Gasteiger partial charge in [0, 0.05) is 13.1 Å². The summed E-state index contributed by atoms with van der Waals surface area (Å²) in [6.07, 6.45) is 29.1. The molecule has 2 aliphatic carbocycles. The summed E-state index contributed by atoms with van der Waals surface area (Å²) in [5, 5.41) is 7.64. The largest absolute Gasteiger partial charge is 0.462 e. The Bertz CT molecular complexity index is 573. The van der Waals surface area contributed by atoms with Gasteiger partial charge in [0.1, 0.15) is 6.10 Å². The number of rotatable bonds is 17. The van der Waals surface area contributed by atoms with Gasteiger partial charge in [-0.1, -0.05) is 97.3 Å². The number of esters is 1. The lowest BCUT2D eigenvalue weighted by molar-refractivity contribution is -0.157. The van der Waals surface area contributed by atoms with Crippen molar-refractivity contribution in [2.45, 2.75) is 167 Å². The first-order valence-electron chi connectivity index (χ1n) is 16.9. The third-order valence-corrected chi connectivity index (χ3v) is 9.84. The maximum atomic E-state index is 12.9. The van der Waals surface area contributed by atoms with E-state index in [1.165, 1.54) is 129 Å². The maximum Gasteiger partial charge on any atom is 0.309 e. The first-order valence-corrected chi connectivity index (χ1v) is 16.9. The van der Waals surface area contributed by atoms with Gasteiger partial charge in [-0.2, -0.15) is 0 Å². The molecule has 0 unspecified atom stereocenters. The van der Waals surface area contributed by atoms with Crippen molar-refractivity contribution >= 4 is 5.97 Å². The molecule has 1 saturated heterocycles. The summed E-state index contributed by atoms with van der Waals surface area (Å²) in [6, 6.07) is 0. The van der Waals surface area contributed by atoms with Crippen molar-refractivity contribution in [1.29, 1.82) is 0 Å². The van der Waals surface area contributed by atoms with Crippen LogP contribution in [0.15, 0.2) is 0 Å². The summed E-state index contributed by atoms with van der Waals surface area (Å²) in [7, 11) is 0. The fourth-order valence-electron chi connectivity index (χ4n) is 7.18. The zero-order valence-electron chi connectivity index (χ0n) is 24.8. The molecular formula is C33H62N2O2. The van der Waals surface area contributed by atoms with Crippen LogP contribution in [0.25, 0.3) is 0 Å². The lowest BCUT2D eigenvalue weighted by atomic mass is 9.79. The summed E-state index contributed by atoms with van der Waals surface area (Å²) < 4.78 is 6.05. The molecule has 0 aromatic rings. The van der Waals surface area contributed by atoms with Crippen molar-refractivity contribution in [1.82, 2.24) is 10.6 Å². The highest BCUT2D eigenvalue weighted by molar-refractivity contribution is 5.72. The molecule has 0 bridgehead atoms. The fraction of sp³-hybridized carbons (Fsp3) is 0.970. The summed E-state index contributed by atoms with van der Waals surface area (Å²) >= 11 is 0. The lowest BCUT2D eigenvalue weighted by Gasteiger charge is -2.39. The van der Waals surface area contributed by atoms with E-state index in [1.54, 1.807) is 0 Å². The number of carbonyl (C=O) groups is 1. The average Bonchev–Trinajstić information content (AvgIpc) is 2.94. The van der Waals surface area contributed by atoms with Crippen molar-refractivity contribution in [3.05, 3.63) is 0 Å². The average molecular weight is 519 g/mol. The third kappa shape index (κ3) is 12.0. The van der Waals surface area contributed by atoms with E-state index in [-0.39, 0.29) is 18.0 Å². The van der Waals surface area contributed by atoms with Crippen LogP contribution in [-0.2, 0) is 9.53 Å². The zero-order chi connectivity index (χ0) is 26.1. The zero-order valence-corrected chi connectivity index (χ0v) is 24.8. The molecule has 0 atom stereocenters. The summed E-state index contributed by atoms with van der Waals surface area (Å²) in [5.74, 6) is 2.62. The van der Waals surface area contributed by atoms with Crippen LogP contribution in [0, 0.1) is 23.7 Å². The number of hydrogen-bond acceptors (Lipinski definition) is 4. The molecule has 1 heterocycles. The van der Waals surface area contributed by atoms with E-state index >= 15 is 0 Å². The molecule has 2 saturated carbocycles. The van der Waals surface area contributed by atoms with Crippen LogP contribution in [0.5, 0.6) is 0 Å². The number of ether oxygens (including phenoxy) is 1. The molecule has 0 radical (unpaired) electrons. The van der Waals surface area contributed by atoms with Crippen LogP contribution in [0.4, 0.5) is 0 Å². The van der Waals surface area contributed by atoms with Gasteiger partial charge in [0.05, 0.1) is 12.1 Å². The normalized spacial score (nSPS) is 30.8. The standard InChI is InChI=1S/C33H62N2O2/c1-3-5-7-9-11-13-15-27-17-19-30(20-18-27)33(36)37-31-23-21-29(22-24-31)32-34-25-28(26-35-32)16-14-12-10-8-6-4-2/h27-32,34-35H,3-26H2,1-2H3. The summed E-state index contributed by atoms with van der Waals surface area (Å²) in [5.41, 5.74) is 0. The Morgan fingerprint density at radius 2 is 1.14 bits per heavy atom. The summed E-state index contributed by atoms with van der Waals surface area (Å²) in [6.45, 7) is 6.91. The number of hydrogen-bond donors (Lipinski definition) is 2. The van der Waals surface area contributed by atoms with E-state index in [1.807, 2.05) is 0 Å². The van der Waals surface area contributed by atoms with E-state index < -0.39 is 0 Å². The Balaban J connectivity index is 1.21. The first-order chi connectivity index (χ1) is 18.2. The molecule has 0 spiro atoms. The molecular weight excluding hydrogens is 456 g/mol. The molecule has 2 N–H and O–H groups in total. The van der Waals surface area contributed by atoms with Crippen molar-refractivity contribution in [3.8, 4) is 0 Å². The molecule has 3 rings (SSSR count). The minimum Gasteiger partial charge on any atom is -0.462 e. The maximum absolute atomic E-state index is 12.9. The highest BCUT2D eigenvalue weighted by Gasteiger charge is 2.33. The Labute approximate surface area is 230 Å². The Kier molecular flexibility index (Phi) is 15.6. The van der Waals surface area contributed by atoms with Crippen LogP contribution < -0.4 is 10.6 Å². The summed E-state index contributed by atoms with van der Waals surface area (Å²) in [4.78, 5) is 12.9. The van der Waals surface area contributed by atoms with Crippen molar-refractivity contribution in [3.63, 3.8) is 0 Å². The van der Waals surface area contributed by atoms with Gasteiger partial charge < -0.3 is 15.4 Å². The number of carbonyl (C=O) groups excluding carboxylic acids is 1. The van der Waals surface area contributed by atoms with Crippen LogP contribution in [0.2, 0.25) is 0 Å². The number of unbranched alkanes of at least 4 members (excludes halogenated alkanes) is 10. The SMILES string of the molecule is CCCCCCCCC1CCC(C(=O)OC2CCC(C3NCC(CCCCCCCC)CN3)CC2)CC1. The van der Waals surface area contributed by atoms with E-state index in [9.17, 15) is 4.79 Å². The second-order valence-electron chi connectivity index (χ2n) is 13.0. The molecule has 3 aliphatic rings. The van der Waals surface area contributed by atoms with E-state index in [4.69, 9.17) is 4.74 Å². The Morgan fingerprint density at radius 3 is 1.70 bits per heavy atom. The van der Waals surface area contributed by atoms with E-state index in [0.29, 0.717) is 12.1 Å². The molecule has 3 fully saturated rings. The second-order valence-corrected chi connectivity index (χ2v) is 13.0. The molecule has 0 aromatic heterocycles. The molecule has 0 amide bonds. The lowest BCUT2D eigenvalue weighted by Crippen LogP contribution is -2.56. The second kappa shape index (κ2) is 18.6. The van der Waals surface area contributed by atoms with Gasteiger partial charge in [-0.3, -0.25) is 4.79 Å². The molecule has 4 nitrogen and oxygen atoms in total. The first kappa shape index (κ1) is 30.9. The Hall–Kier alpha value is -0.610. The monoisotopic (exact) mass is 518 g/mol. The van der Waals surface area contributed by atoms with E-state index in [2.05, 4.69) is 24.5 Å². The van der Waals surface area contributed by atoms with E-state index in [0.717, 1.165) is 37.5 Å². The quantitative estimate of drug-likeness (QED) is 0.150. The third-order valence-electron chi connectivity index (χ3n) is 9.84. The van der Waals surface area contributed by atoms with Gasteiger partial charge in [-0.15, -0.1) is 0 Å². The topological polar surface area (TPSA) is 50.4 Å². The predicted molar refractivity (Wildman–Crippen MR) is 157 cm³/mol. The Morgan fingerprint density at radius 1 is 0.622 bits per heavy atom. The van der Waals surface area contributed by atoms with Crippen LogP contribution in [-0.4, -0.2) is 31.3 Å². The fourth-order valence-corrected chi connectivity index (χ4v) is 7.18. The van der Waals surface area contributed by atoms with Crippen LogP contribution >= 0.6 is 0 Å². The minimum atomic E-state index is 0.118. The molecule has 37 heavy (non-hydrogen) atoms.